The molecule has 223 valence electrons. The number of halogens is 25. The maximum absolute atomic E-state index is 13.3. The molecule has 37 heavy (non-hydrogen) atoms. The van der Waals surface area contributed by atoms with Crippen molar-refractivity contribution in [2.75, 3.05) is 0 Å². The second-order valence-corrected chi connectivity index (χ2v) is 6.48. The van der Waals surface area contributed by atoms with Crippen molar-refractivity contribution in [2.24, 2.45) is 0 Å². The van der Waals surface area contributed by atoms with Crippen molar-refractivity contribution in [3.63, 3.8) is 0 Å². The van der Waals surface area contributed by atoms with Gasteiger partial charge in [-0.25, -0.2) is 4.39 Å². The van der Waals surface area contributed by atoms with Gasteiger partial charge in [0.2, 0.25) is 0 Å². The van der Waals surface area contributed by atoms with Crippen LogP contribution in [0.2, 0.25) is 0 Å². The van der Waals surface area contributed by atoms with Crippen molar-refractivity contribution < 1.29 is 110 Å². The topological polar surface area (TPSA) is 0 Å². The van der Waals surface area contributed by atoms with Gasteiger partial charge in [0.25, 0.3) is 0 Å². The zero-order valence-electron chi connectivity index (χ0n) is 15.4. The minimum absolute atomic E-state index is 5.72. The molecule has 0 aromatic rings. The maximum atomic E-state index is 13.3. The molecule has 0 fully saturated rings. The highest BCUT2D eigenvalue weighted by atomic mass is 19.4. The molecule has 0 saturated heterocycles. The monoisotopic (exact) mass is 619 g/mol. The van der Waals surface area contributed by atoms with Gasteiger partial charge in [-0.05, 0) is 0 Å². The molecule has 0 unspecified atom stereocenters. The molecule has 0 rings (SSSR count). The van der Waals surface area contributed by atoms with Crippen molar-refractivity contribution in [1.29, 1.82) is 0 Å². The molecule has 0 heterocycles. The Hall–Kier alpha value is -1.75. The average Bonchev–Trinajstić information content (AvgIpc) is 2.64. The number of hydrogen-bond donors (Lipinski definition) is 0. The first-order chi connectivity index (χ1) is 15.4. The molecule has 1 radical (unpaired) electrons. The Morgan fingerprint density at radius 2 is 0.459 bits per heavy atom. The Balaban J connectivity index is 7.17. The van der Waals surface area contributed by atoms with Gasteiger partial charge in [-0.2, -0.15) is 105 Å². The molecule has 0 amide bonds. The second-order valence-electron chi connectivity index (χ2n) is 6.48. The molecule has 0 aromatic carbocycles. The molecule has 0 spiro atoms. The lowest BCUT2D eigenvalue weighted by Gasteiger charge is -2.44. The quantitative estimate of drug-likeness (QED) is 0.228. The highest BCUT2D eigenvalue weighted by Gasteiger charge is 2.98. The molecular weight excluding hydrogens is 619 g/mol. The van der Waals surface area contributed by atoms with E-state index in [2.05, 4.69) is 0 Å². The average molecular weight is 619 g/mol. The summed E-state index contributed by atoms with van der Waals surface area (Å²) in [5.41, 5.74) is 0. The van der Waals surface area contributed by atoms with Crippen molar-refractivity contribution in [3.8, 4) is 0 Å². The van der Waals surface area contributed by atoms with Crippen LogP contribution in [-0.4, -0.2) is 65.7 Å². The van der Waals surface area contributed by atoms with Crippen LogP contribution in [0.1, 0.15) is 0 Å². The Labute approximate surface area is 183 Å². The largest absolute Gasteiger partial charge is 0.460 e. The first kappa shape index (κ1) is 35.2. The Kier molecular flexibility index (Phi) is 7.98. The maximum Gasteiger partial charge on any atom is 0.460 e. The van der Waals surface area contributed by atoms with E-state index in [4.69, 9.17) is 0 Å². The normalized spacial score (nSPS) is 17.0. The van der Waals surface area contributed by atoms with Gasteiger partial charge < -0.3 is 0 Å². The van der Waals surface area contributed by atoms with Gasteiger partial charge in [0.15, 0.2) is 0 Å². The van der Waals surface area contributed by atoms with Crippen LogP contribution in [0.4, 0.5) is 110 Å². The molecule has 0 aliphatic heterocycles. The van der Waals surface area contributed by atoms with Crippen LogP contribution in [0.25, 0.3) is 0 Å². The summed E-state index contributed by atoms with van der Waals surface area (Å²) >= 11 is 0. The van der Waals surface area contributed by atoms with E-state index in [9.17, 15) is 110 Å². The van der Waals surface area contributed by atoms with Crippen LogP contribution >= 0.6 is 0 Å². The third-order valence-corrected chi connectivity index (χ3v) is 4.04. The number of alkyl halides is 24. The Bertz CT molecular complexity index is 822. The van der Waals surface area contributed by atoms with Crippen molar-refractivity contribution >= 4 is 0 Å². The van der Waals surface area contributed by atoms with E-state index in [0.717, 1.165) is 0 Å². The zero-order chi connectivity index (χ0) is 31.1. The summed E-state index contributed by atoms with van der Waals surface area (Å²) in [6.45, 7) is 0. The van der Waals surface area contributed by atoms with Gasteiger partial charge in [-0.1, -0.05) is 0 Å². The van der Waals surface area contributed by atoms with Crippen LogP contribution in [0.5, 0.6) is 0 Å². The van der Waals surface area contributed by atoms with Gasteiger partial charge >= 0.3 is 71.8 Å². The van der Waals surface area contributed by atoms with E-state index in [1.165, 1.54) is 0 Å². The lowest BCUT2D eigenvalue weighted by atomic mass is 9.85. The lowest BCUT2D eigenvalue weighted by molar-refractivity contribution is -0.474. The molecule has 0 aliphatic rings. The number of rotatable bonds is 9. The molecular formula is C12F25. The van der Waals surface area contributed by atoms with Crippen LogP contribution < -0.4 is 0 Å². The molecule has 0 aromatic heterocycles. The fourth-order valence-corrected chi connectivity index (χ4v) is 1.87. The molecule has 0 nitrogen and oxygen atoms in total. The third-order valence-electron chi connectivity index (χ3n) is 4.04. The first-order valence-corrected chi connectivity index (χ1v) is 7.47. The van der Waals surface area contributed by atoms with E-state index >= 15 is 0 Å². The lowest BCUT2D eigenvalue weighted by Crippen LogP contribution is -2.77. The molecule has 0 saturated carbocycles. The molecule has 0 atom stereocenters. The standard InChI is InChI=1S/C12F25/c13-1(3(16,17)18)2(14,15)4(19,20)5(21,22)6(23,24)7(25,26)8(27,28)9(29,30)10(31,32)11(33,34)12(35,36)37. The SMILES string of the molecule is F[C](C(F)(F)F)C(F)(F)C(F)(F)C(F)(F)C(F)(F)C(F)(F)C(F)(F)C(F)(F)C(F)(F)C(F)(F)C(F)(F)F. The van der Waals surface area contributed by atoms with Crippen molar-refractivity contribution in [3.05, 3.63) is 6.17 Å². The summed E-state index contributed by atoms with van der Waals surface area (Å²) in [6, 6.07) is 0. The second kappa shape index (κ2) is 8.37. The van der Waals surface area contributed by atoms with E-state index in [0.29, 0.717) is 0 Å². The van der Waals surface area contributed by atoms with Crippen LogP contribution in [-0.2, 0) is 0 Å². The summed E-state index contributed by atoms with van der Waals surface area (Å²) in [5, 5.41) is 0. The fraction of sp³-hybridized carbons (Fsp3) is 0.917. The first-order valence-electron chi connectivity index (χ1n) is 7.47. The minimum atomic E-state index is -9.52. The van der Waals surface area contributed by atoms with Gasteiger partial charge in [0.05, 0.1) is 0 Å². The van der Waals surface area contributed by atoms with E-state index in [1.807, 2.05) is 0 Å². The van der Waals surface area contributed by atoms with Gasteiger partial charge in [0, 0.05) is 0 Å². The predicted molar refractivity (Wildman–Crippen MR) is 61.0 cm³/mol. The summed E-state index contributed by atoms with van der Waals surface area (Å²) in [6.07, 6.45) is -21.4. The number of hydrogen-bond acceptors (Lipinski definition) is 0. The summed E-state index contributed by atoms with van der Waals surface area (Å²) in [4.78, 5) is 0. The molecule has 25 heteroatoms. The van der Waals surface area contributed by atoms with E-state index in [-0.39, 0.29) is 0 Å². The van der Waals surface area contributed by atoms with Crippen molar-refractivity contribution in [1.82, 2.24) is 0 Å². The summed E-state index contributed by atoms with van der Waals surface area (Å²) < 4.78 is 319. The third kappa shape index (κ3) is 4.28. The minimum Gasteiger partial charge on any atom is -0.222 e. The van der Waals surface area contributed by atoms with Crippen molar-refractivity contribution in [2.45, 2.75) is 65.7 Å². The predicted octanol–water partition coefficient (Wildman–Crippen LogP) is 8.33. The van der Waals surface area contributed by atoms with E-state index in [1.54, 1.807) is 0 Å². The fourth-order valence-electron chi connectivity index (χ4n) is 1.87. The van der Waals surface area contributed by atoms with Crippen LogP contribution in [0.3, 0.4) is 0 Å². The molecule has 0 N–H and O–H groups in total. The van der Waals surface area contributed by atoms with Gasteiger partial charge in [-0.3, -0.25) is 0 Å². The van der Waals surface area contributed by atoms with Gasteiger partial charge in [-0.15, -0.1) is 0 Å². The Morgan fingerprint density at radius 3 is 0.649 bits per heavy atom. The Morgan fingerprint density at radius 1 is 0.270 bits per heavy atom. The summed E-state index contributed by atoms with van der Waals surface area (Å²) in [7, 11) is 0. The molecule has 0 aliphatic carbocycles. The van der Waals surface area contributed by atoms with Crippen LogP contribution in [0.15, 0.2) is 0 Å². The highest BCUT2D eigenvalue weighted by Crippen LogP contribution is 2.67. The molecule has 0 bridgehead atoms. The van der Waals surface area contributed by atoms with Gasteiger partial charge in [0.1, 0.15) is 0 Å². The summed E-state index contributed by atoms with van der Waals surface area (Å²) in [5.74, 6) is -82.2. The van der Waals surface area contributed by atoms with Crippen LogP contribution in [0, 0.1) is 6.17 Å². The zero-order valence-corrected chi connectivity index (χ0v) is 15.4. The van der Waals surface area contributed by atoms with E-state index < -0.39 is 71.8 Å². The smallest absolute Gasteiger partial charge is 0.222 e. The highest BCUT2D eigenvalue weighted by molar-refractivity contribution is 5.20.